The highest BCUT2D eigenvalue weighted by Crippen LogP contribution is 2.47. The highest BCUT2D eigenvalue weighted by atomic mass is 16.3. The third-order valence-corrected chi connectivity index (χ3v) is 4.95. The van der Waals surface area contributed by atoms with Crippen molar-refractivity contribution in [1.29, 1.82) is 0 Å². The molecule has 2 heterocycles. The van der Waals surface area contributed by atoms with E-state index in [1.165, 1.54) is 9.80 Å². The summed E-state index contributed by atoms with van der Waals surface area (Å²) in [5.41, 5.74) is 2.69. The number of aliphatic hydroxyl groups is 4. The summed E-state index contributed by atoms with van der Waals surface area (Å²) in [6.07, 6.45) is -3.72. The molecule has 22 heavy (non-hydrogen) atoms. The number of aliphatic hydroxyl groups excluding tert-OH is 4. The zero-order valence-electron chi connectivity index (χ0n) is 12.3. The van der Waals surface area contributed by atoms with Crippen molar-refractivity contribution in [2.24, 2.45) is 0 Å². The molecule has 2 aromatic rings. The molecule has 6 nitrogen and oxygen atoms in total. The van der Waals surface area contributed by atoms with Crippen LogP contribution < -0.4 is 0 Å². The van der Waals surface area contributed by atoms with Gasteiger partial charge >= 0.3 is 0 Å². The van der Waals surface area contributed by atoms with Crippen LogP contribution in [-0.4, -0.2) is 44.3 Å². The van der Waals surface area contributed by atoms with Gasteiger partial charge in [0.15, 0.2) is 0 Å². The fraction of sp³-hybridized carbons (Fsp3) is 0.375. The Balaban J connectivity index is 2.14. The molecule has 2 aliphatic heterocycles. The summed E-state index contributed by atoms with van der Waals surface area (Å²) in [7, 11) is 3.30. The fourth-order valence-electron chi connectivity index (χ4n) is 3.61. The number of hydrogen-bond donors (Lipinski definition) is 4. The minimum absolute atomic E-state index is 0.673. The Morgan fingerprint density at radius 1 is 0.591 bits per heavy atom. The summed E-state index contributed by atoms with van der Waals surface area (Å²) < 4.78 is 0. The first-order valence-corrected chi connectivity index (χ1v) is 7.19. The third kappa shape index (κ3) is 1.54. The van der Waals surface area contributed by atoms with E-state index in [0.717, 1.165) is 10.8 Å². The van der Waals surface area contributed by atoms with Gasteiger partial charge in [-0.3, -0.25) is 0 Å². The number of nitrogens with zero attached hydrogens (tertiary/aromatic N) is 2. The van der Waals surface area contributed by atoms with Gasteiger partial charge in [-0.05, 0) is 24.9 Å². The molecule has 2 aliphatic rings. The van der Waals surface area contributed by atoms with Crippen molar-refractivity contribution >= 4 is 10.8 Å². The fourth-order valence-corrected chi connectivity index (χ4v) is 3.61. The minimum Gasteiger partial charge on any atom is -0.374 e. The van der Waals surface area contributed by atoms with Gasteiger partial charge in [0.25, 0.3) is 0 Å². The van der Waals surface area contributed by atoms with Gasteiger partial charge in [-0.15, -0.1) is 0 Å². The summed E-state index contributed by atoms with van der Waals surface area (Å²) in [5, 5.41) is 43.0. The zero-order valence-corrected chi connectivity index (χ0v) is 12.3. The van der Waals surface area contributed by atoms with Gasteiger partial charge in [0, 0.05) is 22.3 Å². The van der Waals surface area contributed by atoms with Crippen LogP contribution in [0.2, 0.25) is 0 Å². The highest BCUT2D eigenvalue weighted by molar-refractivity contribution is 5.96. The highest BCUT2D eigenvalue weighted by Gasteiger charge is 2.37. The Morgan fingerprint density at radius 2 is 0.818 bits per heavy atom. The van der Waals surface area contributed by atoms with Crippen LogP contribution >= 0.6 is 0 Å². The van der Waals surface area contributed by atoms with Crippen LogP contribution in [0.4, 0.5) is 0 Å². The molecule has 4 N–H and O–H groups in total. The first kappa shape index (κ1) is 14.1. The topological polar surface area (TPSA) is 87.4 Å². The molecule has 4 unspecified atom stereocenters. The normalized spacial score (nSPS) is 31.7. The molecule has 2 aromatic carbocycles. The van der Waals surface area contributed by atoms with E-state index in [1.807, 2.05) is 0 Å². The van der Waals surface area contributed by atoms with Crippen LogP contribution in [-0.2, 0) is 0 Å². The average Bonchev–Trinajstić information content (AvgIpc) is 2.53. The quantitative estimate of drug-likeness (QED) is 0.573. The van der Waals surface area contributed by atoms with E-state index in [1.54, 1.807) is 38.4 Å². The lowest BCUT2D eigenvalue weighted by Gasteiger charge is -2.40. The number of benzene rings is 2. The van der Waals surface area contributed by atoms with Crippen molar-refractivity contribution in [3.63, 3.8) is 0 Å². The second-order valence-electron chi connectivity index (χ2n) is 6.06. The second kappa shape index (κ2) is 4.48. The maximum Gasteiger partial charge on any atom is 0.136 e. The predicted octanol–water partition coefficient (Wildman–Crippen LogP) is 0.694. The molecule has 0 spiro atoms. The lowest BCUT2D eigenvalue weighted by molar-refractivity contribution is -0.0973. The van der Waals surface area contributed by atoms with E-state index in [-0.39, 0.29) is 0 Å². The number of rotatable bonds is 0. The molecule has 0 saturated carbocycles. The Labute approximate surface area is 127 Å². The summed E-state index contributed by atoms with van der Waals surface area (Å²) in [5.74, 6) is 0. The van der Waals surface area contributed by atoms with Gasteiger partial charge in [0.2, 0.25) is 0 Å². The molecular weight excluding hydrogens is 284 g/mol. The molecule has 0 bridgehead atoms. The molecular formula is C16H18N2O4. The molecule has 0 radical (unpaired) electrons. The van der Waals surface area contributed by atoms with E-state index in [0.29, 0.717) is 22.3 Å². The molecule has 0 fully saturated rings. The molecule has 0 aliphatic carbocycles. The van der Waals surface area contributed by atoms with Gasteiger partial charge in [-0.2, -0.15) is 0 Å². The van der Waals surface area contributed by atoms with E-state index in [4.69, 9.17) is 0 Å². The Morgan fingerprint density at radius 3 is 1.05 bits per heavy atom. The summed E-state index contributed by atoms with van der Waals surface area (Å²) in [6, 6.07) is 7.08. The summed E-state index contributed by atoms with van der Waals surface area (Å²) >= 11 is 0. The van der Waals surface area contributed by atoms with Crippen molar-refractivity contribution in [2.45, 2.75) is 24.9 Å². The standard InChI is InChI=1S/C16H18N2O4/c1-17-13(19)7-3-5-9-12-10(16(22)18(2)15(9)21)6-4-8(11(7)12)14(17)20/h3-6,13-16,19-22H,1-2H3. The first-order chi connectivity index (χ1) is 10.4. The van der Waals surface area contributed by atoms with E-state index in [2.05, 4.69) is 0 Å². The molecule has 6 heteroatoms. The van der Waals surface area contributed by atoms with E-state index in [9.17, 15) is 20.4 Å². The third-order valence-electron chi connectivity index (χ3n) is 4.95. The van der Waals surface area contributed by atoms with Crippen LogP contribution in [0.5, 0.6) is 0 Å². The summed E-state index contributed by atoms with van der Waals surface area (Å²) in [6.45, 7) is 0. The molecule has 0 saturated heterocycles. The Bertz CT molecular complexity index is 655. The van der Waals surface area contributed by atoms with Crippen molar-refractivity contribution in [3.05, 3.63) is 46.5 Å². The lowest BCUT2D eigenvalue weighted by Crippen LogP contribution is -2.36. The SMILES string of the molecule is CN1C(O)c2ccc3c4c(ccc(c24)C1O)C(O)N(C)C3O. The van der Waals surface area contributed by atoms with Crippen LogP contribution in [0.15, 0.2) is 24.3 Å². The predicted molar refractivity (Wildman–Crippen MR) is 79.3 cm³/mol. The van der Waals surface area contributed by atoms with Crippen LogP contribution in [0.3, 0.4) is 0 Å². The van der Waals surface area contributed by atoms with Crippen molar-refractivity contribution < 1.29 is 20.4 Å². The molecule has 0 amide bonds. The smallest absolute Gasteiger partial charge is 0.136 e. The minimum atomic E-state index is -0.930. The van der Waals surface area contributed by atoms with E-state index >= 15 is 0 Å². The maximum absolute atomic E-state index is 10.4. The van der Waals surface area contributed by atoms with Crippen molar-refractivity contribution in [1.82, 2.24) is 9.80 Å². The van der Waals surface area contributed by atoms with Crippen LogP contribution in [0.25, 0.3) is 10.8 Å². The first-order valence-electron chi connectivity index (χ1n) is 7.19. The Hall–Kier alpha value is -1.54. The average molecular weight is 302 g/mol. The Kier molecular flexibility index (Phi) is 2.87. The maximum atomic E-state index is 10.4. The van der Waals surface area contributed by atoms with Crippen LogP contribution in [0, 0.1) is 0 Å². The van der Waals surface area contributed by atoms with Gasteiger partial charge in [-0.25, -0.2) is 9.80 Å². The van der Waals surface area contributed by atoms with Gasteiger partial charge in [0.1, 0.15) is 24.9 Å². The van der Waals surface area contributed by atoms with Gasteiger partial charge < -0.3 is 20.4 Å². The van der Waals surface area contributed by atoms with Crippen molar-refractivity contribution in [3.8, 4) is 0 Å². The van der Waals surface area contributed by atoms with Crippen molar-refractivity contribution in [2.75, 3.05) is 14.1 Å². The van der Waals surface area contributed by atoms with Crippen LogP contribution in [0.1, 0.15) is 47.2 Å². The molecule has 116 valence electrons. The molecule has 0 aromatic heterocycles. The molecule has 4 rings (SSSR count). The monoisotopic (exact) mass is 302 g/mol. The van der Waals surface area contributed by atoms with E-state index < -0.39 is 24.9 Å². The van der Waals surface area contributed by atoms with Gasteiger partial charge in [-0.1, -0.05) is 24.3 Å². The number of hydrogen-bond acceptors (Lipinski definition) is 6. The lowest BCUT2D eigenvalue weighted by atomic mass is 9.85. The zero-order chi connectivity index (χ0) is 15.8. The summed E-state index contributed by atoms with van der Waals surface area (Å²) in [4.78, 5) is 2.95. The molecule has 4 atom stereocenters. The van der Waals surface area contributed by atoms with Gasteiger partial charge in [0.05, 0.1) is 0 Å². The second-order valence-corrected chi connectivity index (χ2v) is 6.06. The largest absolute Gasteiger partial charge is 0.374 e.